The molecule has 0 spiro atoms. The molecule has 1 N–H and O–H groups in total. The molecule has 1 saturated heterocycles. The van der Waals surface area contributed by atoms with E-state index >= 15 is 0 Å². The number of amides is 1. The number of fused-ring (bicyclic) bond motifs is 1. The van der Waals surface area contributed by atoms with Gasteiger partial charge in [0.2, 0.25) is 5.91 Å². The minimum atomic E-state index is 0.0285. The van der Waals surface area contributed by atoms with Crippen LogP contribution in [0, 0.1) is 5.92 Å². The second-order valence-electron chi connectivity index (χ2n) is 8.21. The van der Waals surface area contributed by atoms with Gasteiger partial charge in [0.1, 0.15) is 0 Å². The molecule has 2 aliphatic rings. The highest BCUT2D eigenvalue weighted by molar-refractivity contribution is 5.76. The predicted octanol–water partition coefficient (Wildman–Crippen LogP) is 3.47. The highest BCUT2D eigenvalue weighted by atomic mass is 16.5. The molecule has 2 aromatic rings. The maximum absolute atomic E-state index is 12.3. The van der Waals surface area contributed by atoms with Crippen molar-refractivity contribution in [2.45, 2.75) is 63.3 Å². The Morgan fingerprint density at radius 3 is 2.86 bits per heavy atom. The van der Waals surface area contributed by atoms with E-state index in [1.165, 1.54) is 24.0 Å². The quantitative estimate of drug-likeness (QED) is 0.777. The van der Waals surface area contributed by atoms with Crippen molar-refractivity contribution in [3.63, 3.8) is 0 Å². The van der Waals surface area contributed by atoms with Gasteiger partial charge in [0, 0.05) is 37.9 Å². The smallest absolute Gasteiger partial charge is 0.222 e. The molecule has 6 nitrogen and oxygen atoms in total. The van der Waals surface area contributed by atoms with Gasteiger partial charge in [-0.2, -0.15) is 5.10 Å². The van der Waals surface area contributed by atoms with E-state index in [4.69, 9.17) is 9.47 Å². The standard InChI is InChI=1S/C23H31N3O3/c1-28-14-11-23(27)25-20-15-22(29-21-6-3-2-5-19(20)21)18-9-7-17(8-10-18)16-26-13-4-12-24-26/h4,7-10,12-13,19-22H,2-3,5-6,11,14-16H2,1H3,(H,25,27)/t19-,20+,21+,22+/m0/s1. The molecule has 6 heteroatoms. The third-order valence-corrected chi connectivity index (χ3v) is 6.21. The van der Waals surface area contributed by atoms with Gasteiger partial charge in [0.15, 0.2) is 0 Å². The second-order valence-corrected chi connectivity index (χ2v) is 8.21. The second kappa shape index (κ2) is 9.55. The van der Waals surface area contributed by atoms with E-state index in [0.29, 0.717) is 18.9 Å². The van der Waals surface area contributed by atoms with Crippen molar-refractivity contribution in [3.05, 3.63) is 53.9 Å². The monoisotopic (exact) mass is 397 g/mol. The van der Waals surface area contributed by atoms with Crippen LogP contribution in [0.25, 0.3) is 0 Å². The first-order valence-corrected chi connectivity index (χ1v) is 10.7. The Morgan fingerprint density at radius 1 is 1.28 bits per heavy atom. The number of nitrogens with zero attached hydrogens (tertiary/aromatic N) is 2. The molecule has 0 unspecified atom stereocenters. The van der Waals surface area contributed by atoms with Gasteiger partial charge in [-0.3, -0.25) is 9.48 Å². The molecule has 2 fully saturated rings. The van der Waals surface area contributed by atoms with Crippen molar-refractivity contribution in [2.24, 2.45) is 5.92 Å². The number of benzene rings is 1. The summed E-state index contributed by atoms with van der Waals surface area (Å²) >= 11 is 0. The zero-order valence-corrected chi connectivity index (χ0v) is 17.1. The van der Waals surface area contributed by atoms with E-state index in [1.807, 2.05) is 16.9 Å². The van der Waals surface area contributed by atoms with Crippen molar-refractivity contribution in [3.8, 4) is 0 Å². The minimum Gasteiger partial charge on any atom is -0.384 e. The summed E-state index contributed by atoms with van der Waals surface area (Å²) in [7, 11) is 1.63. The van der Waals surface area contributed by atoms with Crippen molar-refractivity contribution in [1.29, 1.82) is 0 Å². The normalized spacial score (nSPS) is 26.7. The molecule has 1 aliphatic carbocycles. The Morgan fingerprint density at radius 2 is 2.10 bits per heavy atom. The first-order valence-electron chi connectivity index (χ1n) is 10.7. The van der Waals surface area contributed by atoms with E-state index in [1.54, 1.807) is 13.3 Å². The number of aromatic nitrogens is 2. The maximum Gasteiger partial charge on any atom is 0.222 e. The summed E-state index contributed by atoms with van der Waals surface area (Å²) in [6.45, 7) is 1.23. The molecule has 0 radical (unpaired) electrons. The van der Waals surface area contributed by atoms with Crippen LogP contribution in [-0.2, 0) is 20.8 Å². The Labute approximate surface area is 172 Å². The lowest BCUT2D eigenvalue weighted by atomic mass is 9.76. The third-order valence-electron chi connectivity index (χ3n) is 6.21. The number of ether oxygens (including phenoxy) is 2. The lowest BCUT2D eigenvalue weighted by Crippen LogP contribution is -2.51. The molecule has 1 amide bonds. The number of carbonyl (C=O) groups is 1. The molecule has 1 aromatic heterocycles. The third kappa shape index (κ3) is 5.06. The average Bonchev–Trinajstić information content (AvgIpc) is 3.26. The van der Waals surface area contributed by atoms with Crippen LogP contribution in [0.4, 0.5) is 0 Å². The van der Waals surface area contributed by atoms with Gasteiger partial charge in [0.25, 0.3) is 0 Å². The number of hydrogen-bond donors (Lipinski definition) is 1. The van der Waals surface area contributed by atoms with Gasteiger partial charge >= 0.3 is 0 Å². The molecule has 2 heterocycles. The van der Waals surface area contributed by atoms with Crippen LogP contribution >= 0.6 is 0 Å². The van der Waals surface area contributed by atoms with Gasteiger partial charge in [-0.1, -0.05) is 37.1 Å². The molecular weight excluding hydrogens is 366 g/mol. The number of methoxy groups -OCH3 is 1. The predicted molar refractivity (Wildman–Crippen MR) is 110 cm³/mol. The molecule has 1 saturated carbocycles. The Bertz CT molecular complexity index is 775. The maximum atomic E-state index is 12.3. The average molecular weight is 398 g/mol. The van der Waals surface area contributed by atoms with Crippen molar-refractivity contribution < 1.29 is 14.3 Å². The van der Waals surface area contributed by atoms with Crippen LogP contribution in [0.5, 0.6) is 0 Å². The Kier molecular flexibility index (Phi) is 6.62. The van der Waals surface area contributed by atoms with E-state index in [-0.39, 0.29) is 24.2 Å². The first kappa shape index (κ1) is 20.1. The van der Waals surface area contributed by atoms with Gasteiger partial charge in [-0.25, -0.2) is 0 Å². The summed E-state index contributed by atoms with van der Waals surface area (Å²) in [5.74, 6) is 0.502. The van der Waals surface area contributed by atoms with Gasteiger partial charge in [-0.05, 0) is 36.5 Å². The fourth-order valence-electron chi connectivity index (χ4n) is 4.70. The van der Waals surface area contributed by atoms with Crippen LogP contribution < -0.4 is 5.32 Å². The van der Waals surface area contributed by atoms with Gasteiger partial charge in [0.05, 0.1) is 25.4 Å². The molecule has 156 valence electrons. The summed E-state index contributed by atoms with van der Waals surface area (Å²) in [6.07, 6.45) is 9.93. The van der Waals surface area contributed by atoms with Crippen LogP contribution in [-0.4, -0.2) is 41.6 Å². The minimum absolute atomic E-state index is 0.0285. The zero-order chi connectivity index (χ0) is 20.1. The zero-order valence-electron chi connectivity index (χ0n) is 17.1. The molecule has 4 rings (SSSR count). The van der Waals surface area contributed by atoms with Crippen LogP contribution in [0.3, 0.4) is 0 Å². The van der Waals surface area contributed by atoms with E-state index in [2.05, 4.69) is 34.7 Å². The lowest BCUT2D eigenvalue weighted by molar-refractivity contribution is -0.133. The highest BCUT2D eigenvalue weighted by Gasteiger charge is 2.40. The van der Waals surface area contributed by atoms with Gasteiger partial charge < -0.3 is 14.8 Å². The topological polar surface area (TPSA) is 65.4 Å². The van der Waals surface area contributed by atoms with Crippen molar-refractivity contribution >= 4 is 5.91 Å². The number of nitrogens with one attached hydrogen (secondary N) is 1. The first-order chi connectivity index (χ1) is 14.2. The SMILES string of the molecule is COCCC(=O)N[C@@H]1C[C@H](c2ccc(Cn3cccn3)cc2)O[C@@H]2CCCC[C@@H]12. The van der Waals surface area contributed by atoms with Crippen LogP contribution in [0.15, 0.2) is 42.7 Å². The summed E-state index contributed by atoms with van der Waals surface area (Å²) in [5, 5.41) is 7.55. The fourth-order valence-corrected chi connectivity index (χ4v) is 4.70. The summed E-state index contributed by atoms with van der Waals surface area (Å²) < 4.78 is 13.5. The van der Waals surface area contributed by atoms with Crippen LogP contribution in [0.1, 0.15) is 55.8 Å². The number of hydrogen-bond acceptors (Lipinski definition) is 4. The van der Waals surface area contributed by atoms with Gasteiger partial charge in [-0.15, -0.1) is 0 Å². The van der Waals surface area contributed by atoms with Crippen LogP contribution in [0.2, 0.25) is 0 Å². The summed E-state index contributed by atoms with van der Waals surface area (Å²) in [6, 6.07) is 10.7. The number of rotatable bonds is 7. The molecule has 1 aromatic carbocycles. The van der Waals surface area contributed by atoms with E-state index in [9.17, 15) is 4.79 Å². The van der Waals surface area contributed by atoms with Crippen molar-refractivity contribution in [1.82, 2.24) is 15.1 Å². The lowest BCUT2D eigenvalue weighted by Gasteiger charge is -2.45. The molecular formula is C23H31N3O3. The van der Waals surface area contributed by atoms with E-state index < -0.39 is 0 Å². The molecule has 29 heavy (non-hydrogen) atoms. The fraction of sp³-hybridized carbons (Fsp3) is 0.565. The van der Waals surface area contributed by atoms with E-state index in [0.717, 1.165) is 25.8 Å². The Balaban J connectivity index is 1.44. The molecule has 4 atom stereocenters. The summed E-state index contributed by atoms with van der Waals surface area (Å²) in [5.41, 5.74) is 2.41. The molecule has 1 aliphatic heterocycles. The largest absolute Gasteiger partial charge is 0.384 e. The highest BCUT2D eigenvalue weighted by Crippen LogP contribution is 2.41. The number of carbonyl (C=O) groups excluding carboxylic acids is 1. The Hall–Kier alpha value is -2.18. The van der Waals surface area contributed by atoms with Crippen molar-refractivity contribution in [2.75, 3.05) is 13.7 Å². The molecule has 0 bridgehead atoms. The summed E-state index contributed by atoms with van der Waals surface area (Å²) in [4.78, 5) is 12.3.